The maximum absolute atomic E-state index is 5.18. The van der Waals surface area contributed by atoms with Crippen molar-refractivity contribution in [2.24, 2.45) is 0 Å². The van der Waals surface area contributed by atoms with Gasteiger partial charge in [0.2, 0.25) is 0 Å². The Labute approximate surface area is 262 Å². The summed E-state index contributed by atoms with van der Waals surface area (Å²) in [4.78, 5) is 10.1. The van der Waals surface area contributed by atoms with Gasteiger partial charge in [0.25, 0.3) is 0 Å². The molecule has 0 bridgehead atoms. The van der Waals surface area contributed by atoms with Gasteiger partial charge in [-0.25, -0.2) is 4.98 Å². The van der Waals surface area contributed by atoms with Gasteiger partial charge in [-0.05, 0) is 85.6 Å². The number of hydrogen-bond acceptors (Lipinski definition) is 2. The van der Waals surface area contributed by atoms with Crippen molar-refractivity contribution in [1.82, 2.24) is 14.5 Å². The molecule has 45 heavy (non-hydrogen) atoms. The third-order valence-electron chi connectivity index (χ3n) is 9.15. The van der Waals surface area contributed by atoms with Crippen LogP contribution in [0.25, 0.3) is 83.3 Å². The number of hydrogen-bond donors (Lipinski definition) is 0. The second-order valence-electron chi connectivity index (χ2n) is 11.6. The molecule has 0 unspecified atom stereocenters. The van der Waals surface area contributed by atoms with Gasteiger partial charge in [0, 0.05) is 12.0 Å². The van der Waals surface area contributed by atoms with E-state index in [-0.39, 0.29) is 0 Å². The molecule has 0 aliphatic heterocycles. The van der Waals surface area contributed by atoms with E-state index in [1.165, 1.54) is 55.3 Å². The number of rotatable bonds is 5. The fraction of sp³-hybridized carbons (Fsp3) is 0.0476. The summed E-state index contributed by atoms with van der Waals surface area (Å²) in [7, 11) is 0. The number of fused-ring (bicyclic) bond motifs is 4. The molecule has 212 valence electrons. The minimum Gasteiger partial charge on any atom is -0.295 e. The fourth-order valence-corrected chi connectivity index (χ4v) is 7.22. The molecule has 0 amide bonds. The molecular weight excluding hydrogens is 546 g/mol. The number of aromatic nitrogens is 3. The number of benzene rings is 6. The minimum atomic E-state index is 0.839. The summed E-state index contributed by atoms with van der Waals surface area (Å²) in [6.45, 7) is 2.15. The zero-order chi connectivity index (χ0) is 29.9. The summed E-state index contributed by atoms with van der Waals surface area (Å²) >= 11 is 0. The molecule has 0 saturated heterocycles. The summed E-state index contributed by atoms with van der Waals surface area (Å²) in [5.41, 5.74) is 15.2. The molecule has 0 spiro atoms. The molecule has 0 atom stereocenters. The van der Waals surface area contributed by atoms with Crippen LogP contribution in [0.1, 0.15) is 12.7 Å². The van der Waals surface area contributed by atoms with Crippen molar-refractivity contribution in [2.75, 3.05) is 0 Å². The molecular formula is C42H29N3. The summed E-state index contributed by atoms with van der Waals surface area (Å²) in [6, 6.07) is 50.0. The second kappa shape index (κ2) is 10.1. The van der Waals surface area contributed by atoms with E-state index in [0.29, 0.717) is 0 Å². The van der Waals surface area contributed by atoms with Crippen LogP contribution in [-0.2, 0) is 6.42 Å². The molecule has 2 aromatic heterocycles. The molecule has 0 radical (unpaired) electrons. The van der Waals surface area contributed by atoms with Crippen molar-refractivity contribution in [1.29, 1.82) is 0 Å². The molecule has 2 heterocycles. The van der Waals surface area contributed by atoms with Crippen LogP contribution < -0.4 is 0 Å². The average molecular weight is 576 g/mol. The Balaban J connectivity index is 1.34. The first kappa shape index (κ1) is 25.7. The molecule has 1 aliphatic rings. The van der Waals surface area contributed by atoms with E-state index in [9.17, 15) is 0 Å². The van der Waals surface area contributed by atoms with E-state index in [1.54, 1.807) is 0 Å². The first-order valence-electron chi connectivity index (χ1n) is 15.6. The lowest BCUT2D eigenvalue weighted by Gasteiger charge is -2.20. The van der Waals surface area contributed by atoms with Gasteiger partial charge in [-0.2, -0.15) is 0 Å². The highest BCUT2D eigenvalue weighted by atomic mass is 15.1. The number of imidazole rings is 1. The summed E-state index contributed by atoms with van der Waals surface area (Å²) < 4.78 is 2.24. The highest BCUT2D eigenvalue weighted by molar-refractivity contribution is 6.22. The van der Waals surface area contributed by atoms with E-state index in [2.05, 4.69) is 145 Å². The average Bonchev–Trinajstić information content (AvgIpc) is 3.66. The molecule has 8 aromatic rings. The summed E-state index contributed by atoms with van der Waals surface area (Å²) in [5.74, 6) is 1.03. The van der Waals surface area contributed by atoms with Gasteiger partial charge in [-0.3, -0.25) is 9.55 Å². The normalized spacial score (nSPS) is 11.8. The van der Waals surface area contributed by atoms with E-state index < -0.39 is 0 Å². The maximum Gasteiger partial charge on any atom is 0.114 e. The molecule has 3 heteroatoms. The number of aryl methyl sites for hydroxylation is 1. The summed E-state index contributed by atoms with van der Waals surface area (Å²) in [6.07, 6.45) is 2.84. The van der Waals surface area contributed by atoms with Crippen molar-refractivity contribution in [3.05, 3.63) is 152 Å². The van der Waals surface area contributed by atoms with Crippen LogP contribution in [0.5, 0.6) is 0 Å². The van der Waals surface area contributed by atoms with Crippen LogP contribution in [0.3, 0.4) is 0 Å². The quantitative estimate of drug-likeness (QED) is 0.204. The first-order valence-corrected chi connectivity index (χ1v) is 15.6. The Hall–Kier alpha value is -5.80. The van der Waals surface area contributed by atoms with E-state index in [4.69, 9.17) is 9.97 Å². The van der Waals surface area contributed by atoms with Gasteiger partial charge < -0.3 is 0 Å². The third kappa shape index (κ3) is 3.91. The van der Waals surface area contributed by atoms with Gasteiger partial charge >= 0.3 is 0 Å². The Bertz CT molecular complexity index is 2380. The highest BCUT2D eigenvalue weighted by Crippen LogP contribution is 2.56. The number of nitrogens with zero attached hydrogens (tertiary/aromatic N) is 3. The van der Waals surface area contributed by atoms with Crippen LogP contribution in [-0.4, -0.2) is 14.5 Å². The minimum absolute atomic E-state index is 0.839. The smallest absolute Gasteiger partial charge is 0.114 e. The Morgan fingerprint density at radius 3 is 1.96 bits per heavy atom. The Morgan fingerprint density at radius 2 is 1.24 bits per heavy atom. The van der Waals surface area contributed by atoms with Crippen LogP contribution >= 0.6 is 0 Å². The summed E-state index contributed by atoms with van der Waals surface area (Å²) in [5, 5.41) is 2.59. The topological polar surface area (TPSA) is 30.7 Å². The highest BCUT2D eigenvalue weighted by Gasteiger charge is 2.30. The van der Waals surface area contributed by atoms with E-state index in [0.717, 1.165) is 40.2 Å². The lowest BCUT2D eigenvalue weighted by atomic mass is 9.83. The molecule has 0 fully saturated rings. The zero-order valence-corrected chi connectivity index (χ0v) is 24.9. The molecule has 3 nitrogen and oxygen atoms in total. The lowest BCUT2D eigenvalue weighted by Crippen LogP contribution is -2.01. The Kier molecular flexibility index (Phi) is 5.79. The maximum atomic E-state index is 5.18. The predicted octanol–water partition coefficient (Wildman–Crippen LogP) is 10.8. The van der Waals surface area contributed by atoms with Crippen LogP contribution in [0.4, 0.5) is 0 Å². The van der Waals surface area contributed by atoms with Gasteiger partial charge in [0.05, 0.1) is 28.6 Å². The van der Waals surface area contributed by atoms with Crippen molar-refractivity contribution >= 4 is 21.8 Å². The second-order valence-corrected chi connectivity index (χ2v) is 11.6. The van der Waals surface area contributed by atoms with Crippen LogP contribution in [0.2, 0.25) is 0 Å². The van der Waals surface area contributed by atoms with Gasteiger partial charge in [-0.1, -0.05) is 116 Å². The van der Waals surface area contributed by atoms with Crippen LogP contribution in [0.15, 0.2) is 146 Å². The first-order chi connectivity index (χ1) is 22.3. The van der Waals surface area contributed by atoms with Crippen LogP contribution in [0, 0.1) is 0 Å². The number of pyridine rings is 1. The lowest BCUT2D eigenvalue weighted by molar-refractivity contribution is 0.904. The molecule has 9 rings (SSSR count). The molecule has 0 saturated carbocycles. The standard InChI is InChI=1S/C42H29N3/c1-2-38-44-36-21-9-10-22-37(36)45(38)30-23-24-35(43-26-30)34-25-33(27-13-5-3-6-14-27)41-31-19-11-17-28-18-12-20-32(39(28)31)42(41)40(34)29-15-7-4-8-16-29/h3-26H,2H2,1H3. The largest absolute Gasteiger partial charge is 0.295 e. The third-order valence-corrected chi connectivity index (χ3v) is 9.15. The zero-order valence-electron chi connectivity index (χ0n) is 24.9. The van der Waals surface area contributed by atoms with Crippen molar-refractivity contribution in [3.8, 4) is 61.5 Å². The van der Waals surface area contributed by atoms with E-state index in [1.807, 2.05) is 12.3 Å². The van der Waals surface area contributed by atoms with Crippen molar-refractivity contribution in [3.63, 3.8) is 0 Å². The molecule has 0 N–H and O–H groups in total. The van der Waals surface area contributed by atoms with Gasteiger partial charge in [0.15, 0.2) is 0 Å². The number of para-hydroxylation sites is 2. The molecule has 1 aliphatic carbocycles. The Morgan fingerprint density at radius 1 is 0.556 bits per heavy atom. The van der Waals surface area contributed by atoms with Crippen molar-refractivity contribution < 1.29 is 0 Å². The SMILES string of the molecule is CCc1nc2ccccc2n1-c1ccc(-c2cc(-c3ccccc3)c3c(c2-c2ccccc2)-c2cccc4cccc-3c24)nc1. The fourth-order valence-electron chi connectivity index (χ4n) is 7.22. The van der Waals surface area contributed by atoms with Gasteiger partial charge in [-0.15, -0.1) is 0 Å². The molecule has 6 aromatic carbocycles. The van der Waals surface area contributed by atoms with Gasteiger partial charge in [0.1, 0.15) is 5.82 Å². The van der Waals surface area contributed by atoms with Crippen molar-refractivity contribution in [2.45, 2.75) is 13.3 Å². The monoisotopic (exact) mass is 575 g/mol. The predicted molar refractivity (Wildman–Crippen MR) is 186 cm³/mol. The van der Waals surface area contributed by atoms with E-state index >= 15 is 0 Å².